The zero-order valence-electron chi connectivity index (χ0n) is 4.44. The second-order valence-electron chi connectivity index (χ2n) is 0.527. The van der Waals surface area contributed by atoms with Crippen LogP contribution in [-0.4, -0.2) is 16.4 Å². The molecule has 1 N–H and O–H groups in total. The number of rotatable bonds is 1. The van der Waals surface area contributed by atoms with E-state index in [1.54, 1.807) is 0 Å². The predicted octanol–water partition coefficient (Wildman–Crippen LogP) is -2.42. The van der Waals surface area contributed by atoms with Gasteiger partial charge in [-0.1, -0.05) is 15.9 Å². The second-order valence-corrected chi connectivity index (χ2v) is 1.09. The van der Waals surface area contributed by atoms with E-state index in [4.69, 9.17) is 5.11 Å². The van der Waals surface area contributed by atoms with Gasteiger partial charge in [0, 0.05) is 0 Å². The Labute approximate surface area is 67.8 Å². The van der Waals surface area contributed by atoms with E-state index < -0.39 is 5.97 Å². The van der Waals surface area contributed by atoms with E-state index in [9.17, 15) is 4.79 Å². The monoisotopic (exact) mass is 162 g/mol. The smallest absolute Gasteiger partial charge is 1.00 e. The number of hydrogen-bond donors (Lipinski definition) is 1. The van der Waals surface area contributed by atoms with E-state index in [-0.39, 0.29) is 36.3 Å². The van der Waals surface area contributed by atoms with Crippen molar-refractivity contribution in [1.82, 2.24) is 0 Å². The molecular formula is C2H4BrNaO2. The summed E-state index contributed by atoms with van der Waals surface area (Å²) in [5.74, 6) is -0.829. The average Bonchev–Trinajstić information content (AvgIpc) is 1.38. The van der Waals surface area contributed by atoms with Gasteiger partial charge in [0.05, 0.1) is 0 Å². The first-order valence-electron chi connectivity index (χ1n) is 1.05. The maximum absolute atomic E-state index is 9.32. The zero-order valence-corrected chi connectivity index (χ0v) is 7.03. The van der Waals surface area contributed by atoms with Gasteiger partial charge in [-0.25, -0.2) is 0 Å². The maximum atomic E-state index is 9.32. The Kier molecular flexibility index (Phi) is 9.96. The van der Waals surface area contributed by atoms with Crippen LogP contribution in [-0.2, 0) is 4.79 Å². The third kappa shape index (κ3) is 8.87. The van der Waals surface area contributed by atoms with Gasteiger partial charge in [0.15, 0.2) is 0 Å². The Balaban J connectivity index is -0.0000000800. The molecular weight excluding hydrogens is 159 g/mol. The number of carboxylic acids is 1. The fourth-order valence-corrected chi connectivity index (χ4v) is 0. The molecule has 0 radical (unpaired) electrons. The van der Waals surface area contributed by atoms with Crippen molar-refractivity contribution in [3.8, 4) is 0 Å². The minimum atomic E-state index is -0.829. The number of carbonyl (C=O) groups is 1. The van der Waals surface area contributed by atoms with Gasteiger partial charge in [-0.05, 0) is 0 Å². The first-order valence-corrected chi connectivity index (χ1v) is 2.17. The zero-order chi connectivity index (χ0) is 4.28. The summed E-state index contributed by atoms with van der Waals surface area (Å²) in [6, 6.07) is 0. The van der Waals surface area contributed by atoms with Gasteiger partial charge in [0.1, 0.15) is 5.33 Å². The van der Waals surface area contributed by atoms with E-state index in [1.807, 2.05) is 0 Å². The van der Waals surface area contributed by atoms with E-state index in [1.165, 1.54) is 0 Å². The molecule has 0 aliphatic rings. The first kappa shape index (κ1) is 10.0. The topological polar surface area (TPSA) is 37.3 Å². The second kappa shape index (κ2) is 5.95. The number of alkyl halides is 1. The van der Waals surface area contributed by atoms with Gasteiger partial charge in [0.2, 0.25) is 0 Å². The minimum Gasteiger partial charge on any atom is -1.00 e. The third-order valence-corrected chi connectivity index (χ3v) is 0.594. The summed E-state index contributed by atoms with van der Waals surface area (Å²) in [6.07, 6.45) is 0. The van der Waals surface area contributed by atoms with Crippen LogP contribution in [0.1, 0.15) is 1.43 Å². The molecule has 6 heavy (non-hydrogen) atoms. The fourth-order valence-electron chi connectivity index (χ4n) is 0. The molecule has 0 aromatic rings. The number of carboxylic acid groups (broad SMARTS) is 1. The summed E-state index contributed by atoms with van der Waals surface area (Å²) in [7, 11) is 0. The van der Waals surface area contributed by atoms with Crippen LogP contribution in [0.2, 0.25) is 0 Å². The van der Waals surface area contributed by atoms with Crippen LogP contribution in [0.5, 0.6) is 0 Å². The molecule has 2 nitrogen and oxygen atoms in total. The molecule has 0 saturated carbocycles. The van der Waals surface area contributed by atoms with Crippen LogP contribution in [0.4, 0.5) is 0 Å². The largest absolute Gasteiger partial charge is 1.00 e. The summed E-state index contributed by atoms with van der Waals surface area (Å²) in [6.45, 7) is 0. The van der Waals surface area contributed by atoms with Crippen LogP contribution < -0.4 is 29.6 Å². The van der Waals surface area contributed by atoms with Crippen molar-refractivity contribution in [3.63, 3.8) is 0 Å². The number of aliphatic carboxylic acids is 1. The molecule has 0 rings (SSSR count). The molecule has 0 heterocycles. The molecule has 0 spiro atoms. The predicted molar refractivity (Wildman–Crippen MR) is 22.5 cm³/mol. The van der Waals surface area contributed by atoms with Crippen LogP contribution in [0.25, 0.3) is 0 Å². The van der Waals surface area contributed by atoms with Crippen molar-refractivity contribution >= 4 is 21.9 Å². The Morgan fingerprint density at radius 2 is 2.17 bits per heavy atom. The first-order chi connectivity index (χ1) is 2.27. The normalized spacial score (nSPS) is 6.17. The van der Waals surface area contributed by atoms with Crippen LogP contribution >= 0.6 is 15.9 Å². The Morgan fingerprint density at radius 1 is 2.00 bits per heavy atom. The minimum absolute atomic E-state index is 0. The molecule has 0 fully saturated rings. The van der Waals surface area contributed by atoms with Crippen molar-refractivity contribution in [2.24, 2.45) is 0 Å². The van der Waals surface area contributed by atoms with E-state index >= 15 is 0 Å². The van der Waals surface area contributed by atoms with Gasteiger partial charge >= 0.3 is 35.5 Å². The Morgan fingerprint density at radius 3 is 2.17 bits per heavy atom. The van der Waals surface area contributed by atoms with Crippen LogP contribution in [0, 0.1) is 0 Å². The number of hydrogen-bond acceptors (Lipinski definition) is 1. The molecule has 0 aromatic heterocycles. The molecule has 0 aliphatic carbocycles. The summed E-state index contributed by atoms with van der Waals surface area (Å²) < 4.78 is 0. The molecule has 0 amide bonds. The van der Waals surface area contributed by atoms with Crippen LogP contribution in [0.3, 0.4) is 0 Å². The quantitative estimate of drug-likeness (QED) is 0.345. The average molecular weight is 163 g/mol. The maximum Gasteiger partial charge on any atom is 1.00 e. The Hall–Kier alpha value is 0.950. The van der Waals surface area contributed by atoms with Gasteiger partial charge in [0.25, 0.3) is 0 Å². The summed E-state index contributed by atoms with van der Waals surface area (Å²) >= 11 is 2.71. The van der Waals surface area contributed by atoms with Gasteiger partial charge in [-0.2, -0.15) is 0 Å². The standard InChI is InChI=1S/C2H3BrO2.Na.H/c3-1-2(4)5;;/h1H2,(H,4,5);;/q;+1;-1. The molecule has 0 saturated heterocycles. The van der Waals surface area contributed by atoms with Crippen molar-refractivity contribution in [3.05, 3.63) is 0 Å². The summed E-state index contributed by atoms with van der Waals surface area (Å²) in [5, 5.41) is 7.71. The van der Waals surface area contributed by atoms with Gasteiger partial charge < -0.3 is 6.53 Å². The van der Waals surface area contributed by atoms with Gasteiger partial charge in [-0.3, -0.25) is 4.79 Å². The van der Waals surface area contributed by atoms with Crippen molar-refractivity contribution in [2.75, 3.05) is 5.33 Å². The molecule has 4 heteroatoms. The van der Waals surface area contributed by atoms with Crippen molar-refractivity contribution < 1.29 is 40.9 Å². The third-order valence-electron chi connectivity index (χ3n) is 0.114. The van der Waals surface area contributed by atoms with Crippen LogP contribution in [0.15, 0.2) is 0 Å². The Bertz CT molecular complexity index is 51.0. The molecule has 32 valence electrons. The van der Waals surface area contributed by atoms with Gasteiger partial charge in [-0.15, -0.1) is 0 Å². The molecule has 0 aliphatic heterocycles. The van der Waals surface area contributed by atoms with E-state index in [0.29, 0.717) is 0 Å². The van der Waals surface area contributed by atoms with Crippen molar-refractivity contribution in [2.45, 2.75) is 0 Å². The SMILES string of the molecule is O=C(O)CBr.[H-].[Na+]. The molecule has 0 atom stereocenters. The van der Waals surface area contributed by atoms with Crippen molar-refractivity contribution in [1.29, 1.82) is 0 Å². The fraction of sp³-hybridized carbons (Fsp3) is 0.500. The molecule has 0 bridgehead atoms. The summed E-state index contributed by atoms with van der Waals surface area (Å²) in [5.41, 5.74) is 0. The van der Waals surface area contributed by atoms with E-state index in [0.717, 1.165) is 0 Å². The number of halogens is 1. The van der Waals surface area contributed by atoms with E-state index in [2.05, 4.69) is 15.9 Å². The summed E-state index contributed by atoms with van der Waals surface area (Å²) in [4.78, 5) is 9.32. The molecule has 0 unspecified atom stereocenters. The molecule has 0 aromatic carbocycles.